The van der Waals surface area contributed by atoms with E-state index in [2.05, 4.69) is 55.0 Å². The number of aromatic nitrogens is 2. The van der Waals surface area contributed by atoms with Crippen LogP contribution in [0, 0.1) is 6.92 Å². The highest BCUT2D eigenvalue weighted by atomic mass is 16.5. The summed E-state index contributed by atoms with van der Waals surface area (Å²) in [6, 6.07) is 18.2. The second-order valence-electron chi connectivity index (χ2n) is 8.47. The van der Waals surface area contributed by atoms with Gasteiger partial charge in [0, 0.05) is 24.1 Å². The SMILES string of the molecule is Cc1nc(CCCOc2ccccc2)[nH]c(=O)c1Cc1ccc(C(C)(C)C)cc1. The van der Waals surface area contributed by atoms with Crippen LogP contribution in [0.5, 0.6) is 5.75 Å². The first kappa shape index (κ1) is 20.8. The van der Waals surface area contributed by atoms with Crippen molar-refractivity contribution in [1.29, 1.82) is 0 Å². The van der Waals surface area contributed by atoms with E-state index in [1.54, 1.807) is 0 Å². The summed E-state index contributed by atoms with van der Waals surface area (Å²) < 4.78 is 5.70. The molecule has 0 saturated heterocycles. The van der Waals surface area contributed by atoms with Crippen molar-refractivity contribution >= 4 is 0 Å². The minimum absolute atomic E-state index is 0.0450. The summed E-state index contributed by atoms with van der Waals surface area (Å²) in [7, 11) is 0. The van der Waals surface area contributed by atoms with Crippen LogP contribution in [0.2, 0.25) is 0 Å². The van der Waals surface area contributed by atoms with Gasteiger partial charge in [-0.05, 0) is 42.0 Å². The van der Waals surface area contributed by atoms with Crippen molar-refractivity contribution < 1.29 is 4.74 Å². The molecule has 2 aromatic carbocycles. The quantitative estimate of drug-likeness (QED) is 0.579. The third-order valence-corrected chi connectivity index (χ3v) is 5.04. The Kier molecular flexibility index (Phi) is 6.53. The van der Waals surface area contributed by atoms with Gasteiger partial charge in [0.2, 0.25) is 0 Å². The van der Waals surface area contributed by atoms with Gasteiger partial charge in [0.25, 0.3) is 5.56 Å². The van der Waals surface area contributed by atoms with Crippen LogP contribution in [0.1, 0.15) is 55.4 Å². The summed E-state index contributed by atoms with van der Waals surface area (Å²) in [6.07, 6.45) is 2.07. The molecule has 0 atom stereocenters. The Hall–Kier alpha value is -2.88. The van der Waals surface area contributed by atoms with Crippen molar-refractivity contribution in [3.63, 3.8) is 0 Å². The Morgan fingerprint density at radius 3 is 2.31 bits per heavy atom. The van der Waals surface area contributed by atoms with E-state index in [1.165, 1.54) is 5.56 Å². The molecule has 0 spiro atoms. The Labute approximate surface area is 173 Å². The maximum atomic E-state index is 12.6. The number of nitrogens with zero attached hydrogens (tertiary/aromatic N) is 1. The highest BCUT2D eigenvalue weighted by Gasteiger charge is 2.14. The van der Waals surface area contributed by atoms with Gasteiger partial charge in [0.15, 0.2) is 0 Å². The van der Waals surface area contributed by atoms with E-state index in [9.17, 15) is 4.79 Å². The van der Waals surface area contributed by atoms with E-state index < -0.39 is 0 Å². The molecule has 0 amide bonds. The van der Waals surface area contributed by atoms with E-state index in [4.69, 9.17) is 4.74 Å². The summed E-state index contributed by atoms with van der Waals surface area (Å²) in [6.45, 7) is 9.10. The standard InChI is InChI=1S/C25H30N2O2/c1-18-22(17-19-12-14-20(15-13-19)25(2,3)4)24(28)27-23(26-18)11-8-16-29-21-9-6-5-7-10-21/h5-7,9-10,12-15H,8,11,16-17H2,1-4H3,(H,26,27,28). The van der Waals surface area contributed by atoms with Crippen molar-refractivity contribution in [3.8, 4) is 5.75 Å². The Bertz CT molecular complexity index is 984. The first-order valence-electron chi connectivity index (χ1n) is 10.2. The van der Waals surface area contributed by atoms with Gasteiger partial charge >= 0.3 is 0 Å². The van der Waals surface area contributed by atoms with E-state index >= 15 is 0 Å². The molecule has 29 heavy (non-hydrogen) atoms. The van der Waals surface area contributed by atoms with Crippen molar-refractivity contribution in [2.24, 2.45) is 0 Å². The zero-order chi connectivity index (χ0) is 20.9. The van der Waals surface area contributed by atoms with Gasteiger partial charge < -0.3 is 9.72 Å². The predicted octanol–water partition coefficient (Wildman–Crippen LogP) is 4.98. The summed E-state index contributed by atoms with van der Waals surface area (Å²) >= 11 is 0. The lowest BCUT2D eigenvalue weighted by Crippen LogP contribution is -2.20. The number of rotatable bonds is 7. The number of hydrogen-bond acceptors (Lipinski definition) is 3. The lowest BCUT2D eigenvalue weighted by Gasteiger charge is -2.19. The molecule has 4 heteroatoms. The lowest BCUT2D eigenvalue weighted by atomic mass is 9.86. The first-order chi connectivity index (χ1) is 13.8. The number of ether oxygens (including phenoxy) is 1. The van der Waals surface area contributed by atoms with Crippen molar-refractivity contribution in [3.05, 3.63) is 93.2 Å². The molecule has 1 aromatic heterocycles. The average Bonchev–Trinajstić information content (AvgIpc) is 2.69. The lowest BCUT2D eigenvalue weighted by molar-refractivity contribution is 0.310. The number of benzene rings is 2. The molecule has 1 heterocycles. The predicted molar refractivity (Wildman–Crippen MR) is 118 cm³/mol. The molecule has 0 aliphatic heterocycles. The van der Waals surface area contributed by atoms with Gasteiger partial charge in [-0.1, -0.05) is 63.2 Å². The van der Waals surface area contributed by atoms with Gasteiger partial charge in [0.1, 0.15) is 11.6 Å². The number of para-hydroxylation sites is 1. The zero-order valence-electron chi connectivity index (χ0n) is 17.8. The summed E-state index contributed by atoms with van der Waals surface area (Å²) in [4.78, 5) is 20.2. The molecule has 0 radical (unpaired) electrons. The molecule has 4 nitrogen and oxygen atoms in total. The van der Waals surface area contributed by atoms with Crippen LogP contribution in [-0.4, -0.2) is 16.6 Å². The van der Waals surface area contributed by atoms with Crippen LogP contribution in [-0.2, 0) is 18.3 Å². The minimum atomic E-state index is -0.0450. The van der Waals surface area contributed by atoms with Crippen LogP contribution >= 0.6 is 0 Å². The van der Waals surface area contributed by atoms with E-state index in [-0.39, 0.29) is 11.0 Å². The van der Waals surface area contributed by atoms with Crippen molar-refractivity contribution in [2.75, 3.05) is 6.61 Å². The second-order valence-corrected chi connectivity index (χ2v) is 8.47. The smallest absolute Gasteiger partial charge is 0.254 e. The normalized spacial score (nSPS) is 11.4. The fourth-order valence-corrected chi connectivity index (χ4v) is 3.27. The average molecular weight is 391 g/mol. The molecule has 1 N–H and O–H groups in total. The van der Waals surface area contributed by atoms with Gasteiger partial charge in [-0.2, -0.15) is 0 Å². The van der Waals surface area contributed by atoms with Gasteiger partial charge in [-0.3, -0.25) is 4.79 Å². The molecular weight excluding hydrogens is 360 g/mol. The maximum absolute atomic E-state index is 12.6. The largest absolute Gasteiger partial charge is 0.494 e. The molecule has 152 valence electrons. The van der Waals surface area contributed by atoms with Gasteiger partial charge in [-0.25, -0.2) is 4.98 Å². The fraction of sp³-hybridized carbons (Fsp3) is 0.360. The van der Waals surface area contributed by atoms with E-state index in [0.717, 1.165) is 34.8 Å². The minimum Gasteiger partial charge on any atom is -0.494 e. The van der Waals surface area contributed by atoms with E-state index in [0.29, 0.717) is 19.4 Å². The molecule has 0 fully saturated rings. The van der Waals surface area contributed by atoms with Gasteiger partial charge in [0.05, 0.1) is 6.61 Å². The Morgan fingerprint density at radius 2 is 1.69 bits per heavy atom. The zero-order valence-corrected chi connectivity index (χ0v) is 17.8. The van der Waals surface area contributed by atoms with Crippen molar-refractivity contribution in [1.82, 2.24) is 9.97 Å². The molecule has 3 aromatic rings. The number of aromatic amines is 1. The maximum Gasteiger partial charge on any atom is 0.254 e. The molecule has 0 aliphatic rings. The Morgan fingerprint density at radius 1 is 1.00 bits per heavy atom. The number of aryl methyl sites for hydroxylation is 2. The topological polar surface area (TPSA) is 55.0 Å². The summed E-state index contributed by atoms with van der Waals surface area (Å²) in [5.74, 6) is 1.58. The highest BCUT2D eigenvalue weighted by molar-refractivity contribution is 5.32. The third kappa shape index (κ3) is 5.80. The van der Waals surface area contributed by atoms with E-state index in [1.807, 2.05) is 37.3 Å². The molecule has 0 bridgehead atoms. The number of hydrogen-bond donors (Lipinski definition) is 1. The first-order valence-corrected chi connectivity index (χ1v) is 10.2. The molecule has 0 unspecified atom stereocenters. The van der Waals surface area contributed by atoms with Crippen LogP contribution in [0.4, 0.5) is 0 Å². The highest BCUT2D eigenvalue weighted by Crippen LogP contribution is 2.22. The summed E-state index contributed by atoms with van der Waals surface area (Å²) in [5.41, 5.74) is 4.02. The van der Waals surface area contributed by atoms with Crippen LogP contribution in [0.15, 0.2) is 59.4 Å². The van der Waals surface area contributed by atoms with Crippen LogP contribution < -0.4 is 10.3 Å². The number of nitrogens with one attached hydrogen (secondary N) is 1. The van der Waals surface area contributed by atoms with Gasteiger partial charge in [-0.15, -0.1) is 0 Å². The Balaban J connectivity index is 1.61. The van der Waals surface area contributed by atoms with Crippen LogP contribution in [0.25, 0.3) is 0 Å². The number of H-pyrrole nitrogens is 1. The fourth-order valence-electron chi connectivity index (χ4n) is 3.27. The monoisotopic (exact) mass is 390 g/mol. The molecule has 0 saturated carbocycles. The second kappa shape index (κ2) is 9.08. The molecular formula is C25H30N2O2. The third-order valence-electron chi connectivity index (χ3n) is 5.04. The van der Waals surface area contributed by atoms with Crippen molar-refractivity contribution in [2.45, 2.75) is 52.4 Å². The molecule has 0 aliphatic carbocycles. The summed E-state index contributed by atoms with van der Waals surface area (Å²) in [5, 5.41) is 0. The van der Waals surface area contributed by atoms with Crippen LogP contribution in [0.3, 0.4) is 0 Å². The molecule has 3 rings (SSSR count).